The third kappa shape index (κ3) is 5.03. The average molecular weight is 420 g/mol. The fourth-order valence-electron chi connectivity index (χ4n) is 3.50. The fourth-order valence-corrected chi connectivity index (χ4v) is 3.50. The summed E-state index contributed by atoms with van der Waals surface area (Å²) in [4.78, 5) is 4.12. The van der Waals surface area contributed by atoms with Crippen LogP contribution >= 0.6 is 0 Å². The standard InChI is InChI=1S/C25H25FN2O3/c1-17-24(16-30-20-11-9-19(26)10-12-20)31-23-8-2-7-22(25(17)23)29-14-4-6-21(27)18-5-3-13-28-15-18/h2-3,5,7-13,15,21H,4,6,14,16,27H2,1H3. The number of fused-ring (bicyclic) bond motifs is 1. The highest BCUT2D eigenvalue weighted by Gasteiger charge is 2.15. The van der Waals surface area contributed by atoms with E-state index in [-0.39, 0.29) is 18.5 Å². The Morgan fingerprint density at radius 2 is 1.90 bits per heavy atom. The maximum Gasteiger partial charge on any atom is 0.146 e. The van der Waals surface area contributed by atoms with Crippen molar-refractivity contribution in [1.82, 2.24) is 4.98 Å². The molecule has 0 aliphatic heterocycles. The van der Waals surface area contributed by atoms with E-state index in [0.29, 0.717) is 18.1 Å². The Morgan fingerprint density at radius 3 is 2.68 bits per heavy atom. The molecule has 160 valence electrons. The van der Waals surface area contributed by atoms with Crippen molar-refractivity contribution in [1.29, 1.82) is 0 Å². The van der Waals surface area contributed by atoms with Crippen molar-refractivity contribution in [2.45, 2.75) is 32.4 Å². The summed E-state index contributed by atoms with van der Waals surface area (Å²) in [6.45, 7) is 2.80. The molecule has 0 spiro atoms. The van der Waals surface area contributed by atoms with Gasteiger partial charge in [-0.25, -0.2) is 4.39 Å². The van der Waals surface area contributed by atoms with Crippen LogP contribution in [-0.4, -0.2) is 11.6 Å². The van der Waals surface area contributed by atoms with Gasteiger partial charge in [-0.2, -0.15) is 0 Å². The molecule has 31 heavy (non-hydrogen) atoms. The number of hydrogen-bond donors (Lipinski definition) is 1. The number of halogens is 1. The zero-order valence-corrected chi connectivity index (χ0v) is 17.4. The summed E-state index contributed by atoms with van der Waals surface area (Å²) >= 11 is 0. The summed E-state index contributed by atoms with van der Waals surface area (Å²) in [6, 6.07) is 15.5. The predicted molar refractivity (Wildman–Crippen MR) is 118 cm³/mol. The van der Waals surface area contributed by atoms with E-state index in [1.54, 1.807) is 24.5 Å². The van der Waals surface area contributed by atoms with Crippen molar-refractivity contribution in [3.8, 4) is 11.5 Å². The van der Waals surface area contributed by atoms with Crippen LogP contribution in [0, 0.1) is 12.7 Å². The highest BCUT2D eigenvalue weighted by atomic mass is 19.1. The van der Waals surface area contributed by atoms with Gasteiger partial charge < -0.3 is 19.6 Å². The lowest BCUT2D eigenvalue weighted by Gasteiger charge is -2.12. The summed E-state index contributed by atoms with van der Waals surface area (Å²) in [7, 11) is 0. The van der Waals surface area contributed by atoms with Crippen LogP contribution in [0.5, 0.6) is 11.5 Å². The molecule has 0 saturated carbocycles. The third-order valence-electron chi connectivity index (χ3n) is 5.23. The molecule has 6 heteroatoms. The normalized spacial score (nSPS) is 12.1. The summed E-state index contributed by atoms with van der Waals surface area (Å²) in [5.41, 5.74) is 8.99. The summed E-state index contributed by atoms with van der Waals surface area (Å²) in [6.07, 6.45) is 5.18. The molecule has 0 amide bonds. The Bertz CT molecular complexity index is 1130. The van der Waals surface area contributed by atoms with E-state index >= 15 is 0 Å². The van der Waals surface area contributed by atoms with E-state index in [9.17, 15) is 4.39 Å². The largest absolute Gasteiger partial charge is 0.493 e. The molecular weight excluding hydrogens is 395 g/mol. The van der Waals surface area contributed by atoms with Gasteiger partial charge in [0.2, 0.25) is 0 Å². The van der Waals surface area contributed by atoms with Crippen LogP contribution in [0.15, 0.2) is 71.4 Å². The van der Waals surface area contributed by atoms with E-state index < -0.39 is 0 Å². The fraction of sp³-hybridized carbons (Fsp3) is 0.240. The van der Waals surface area contributed by atoms with Crippen molar-refractivity contribution in [2.24, 2.45) is 5.73 Å². The topological polar surface area (TPSA) is 70.5 Å². The minimum absolute atomic E-state index is 0.0565. The minimum Gasteiger partial charge on any atom is -0.493 e. The van der Waals surface area contributed by atoms with Crippen molar-refractivity contribution in [3.63, 3.8) is 0 Å². The molecule has 1 atom stereocenters. The van der Waals surface area contributed by atoms with Crippen LogP contribution < -0.4 is 15.2 Å². The Labute approximate surface area is 180 Å². The monoisotopic (exact) mass is 420 g/mol. The van der Waals surface area contributed by atoms with Gasteiger partial charge in [0.05, 0.1) is 12.0 Å². The SMILES string of the molecule is Cc1c(COc2ccc(F)cc2)oc2cccc(OCCCC(N)c3cccnc3)c12. The number of ether oxygens (including phenoxy) is 2. The van der Waals surface area contributed by atoms with Gasteiger partial charge in [-0.15, -0.1) is 0 Å². The van der Waals surface area contributed by atoms with Gasteiger partial charge >= 0.3 is 0 Å². The van der Waals surface area contributed by atoms with Crippen LogP contribution in [0.1, 0.15) is 35.8 Å². The second kappa shape index (κ2) is 9.62. The summed E-state index contributed by atoms with van der Waals surface area (Å²) in [5.74, 6) is 1.79. The zero-order valence-electron chi connectivity index (χ0n) is 17.4. The molecule has 5 nitrogen and oxygen atoms in total. The first-order valence-electron chi connectivity index (χ1n) is 10.3. The van der Waals surface area contributed by atoms with Crippen LogP contribution in [0.2, 0.25) is 0 Å². The lowest BCUT2D eigenvalue weighted by molar-refractivity contribution is 0.273. The lowest BCUT2D eigenvalue weighted by atomic mass is 10.1. The lowest BCUT2D eigenvalue weighted by Crippen LogP contribution is -2.12. The average Bonchev–Trinajstić information content (AvgIpc) is 3.13. The van der Waals surface area contributed by atoms with Crippen LogP contribution in [-0.2, 0) is 6.61 Å². The smallest absolute Gasteiger partial charge is 0.146 e. The number of benzene rings is 2. The Balaban J connectivity index is 1.38. The van der Waals surface area contributed by atoms with E-state index in [1.165, 1.54) is 12.1 Å². The first kappa shape index (κ1) is 20.9. The number of furan rings is 1. The van der Waals surface area contributed by atoms with Crippen LogP contribution in [0.4, 0.5) is 4.39 Å². The molecule has 0 radical (unpaired) electrons. The van der Waals surface area contributed by atoms with Gasteiger partial charge in [-0.05, 0) is 67.8 Å². The first-order valence-corrected chi connectivity index (χ1v) is 10.3. The van der Waals surface area contributed by atoms with Gasteiger partial charge in [0.25, 0.3) is 0 Å². The van der Waals surface area contributed by atoms with Gasteiger partial charge in [0, 0.05) is 24.0 Å². The third-order valence-corrected chi connectivity index (χ3v) is 5.23. The van der Waals surface area contributed by atoms with E-state index in [2.05, 4.69) is 4.98 Å². The number of nitrogens with two attached hydrogens (primary N) is 1. The highest BCUT2D eigenvalue weighted by molar-refractivity contribution is 5.88. The molecule has 0 aliphatic rings. The quantitative estimate of drug-likeness (QED) is 0.351. The van der Waals surface area contributed by atoms with E-state index in [0.717, 1.165) is 40.7 Å². The number of rotatable bonds is 9. The maximum atomic E-state index is 13.1. The van der Waals surface area contributed by atoms with Crippen molar-refractivity contribution in [2.75, 3.05) is 6.61 Å². The van der Waals surface area contributed by atoms with Crippen LogP contribution in [0.25, 0.3) is 11.0 Å². The molecule has 2 heterocycles. The highest BCUT2D eigenvalue weighted by Crippen LogP contribution is 2.34. The molecule has 2 aromatic heterocycles. The first-order chi connectivity index (χ1) is 15.1. The molecule has 4 rings (SSSR count). The van der Waals surface area contributed by atoms with Crippen LogP contribution in [0.3, 0.4) is 0 Å². The number of pyridine rings is 1. The minimum atomic E-state index is -0.296. The second-order valence-corrected chi connectivity index (χ2v) is 7.41. The molecule has 0 bridgehead atoms. The Morgan fingerprint density at radius 1 is 1.06 bits per heavy atom. The number of aryl methyl sites for hydroxylation is 1. The molecule has 0 saturated heterocycles. The van der Waals surface area contributed by atoms with Gasteiger partial charge in [0.1, 0.15) is 35.3 Å². The van der Waals surface area contributed by atoms with Gasteiger partial charge in [-0.1, -0.05) is 12.1 Å². The Hall–Kier alpha value is -3.38. The molecule has 2 N–H and O–H groups in total. The maximum absolute atomic E-state index is 13.1. The predicted octanol–water partition coefficient (Wildman–Crippen LogP) is 5.71. The number of nitrogens with zero attached hydrogens (tertiary/aromatic N) is 1. The number of aromatic nitrogens is 1. The zero-order chi connectivity index (χ0) is 21.6. The molecule has 2 aromatic carbocycles. The summed E-state index contributed by atoms with van der Waals surface area (Å²) < 4.78 is 30.8. The summed E-state index contributed by atoms with van der Waals surface area (Å²) in [5, 5.41) is 0.941. The van der Waals surface area contributed by atoms with Crippen molar-refractivity contribution in [3.05, 3.63) is 89.7 Å². The Kier molecular flexibility index (Phi) is 6.48. The molecule has 4 aromatic rings. The molecule has 1 unspecified atom stereocenters. The van der Waals surface area contributed by atoms with Gasteiger partial charge in [0.15, 0.2) is 0 Å². The number of hydrogen-bond acceptors (Lipinski definition) is 5. The van der Waals surface area contributed by atoms with E-state index in [4.69, 9.17) is 19.6 Å². The molecular formula is C25H25FN2O3. The van der Waals surface area contributed by atoms with E-state index in [1.807, 2.05) is 37.3 Å². The van der Waals surface area contributed by atoms with Crippen molar-refractivity contribution < 1.29 is 18.3 Å². The molecule has 0 fully saturated rings. The molecule has 0 aliphatic carbocycles. The second-order valence-electron chi connectivity index (χ2n) is 7.41. The van der Waals surface area contributed by atoms with Gasteiger partial charge in [-0.3, -0.25) is 4.98 Å². The van der Waals surface area contributed by atoms with Crippen molar-refractivity contribution >= 4 is 11.0 Å².